The number of anilines is 1. The van der Waals surface area contributed by atoms with Crippen molar-refractivity contribution in [2.45, 2.75) is 25.9 Å². The number of amides is 3. The lowest BCUT2D eigenvalue weighted by Crippen LogP contribution is -2.57. The van der Waals surface area contributed by atoms with Crippen LogP contribution in [0.25, 0.3) is 0 Å². The molecule has 0 radical (unpaired) electrons. The molecule has 2 fully saturated rings. The summed E-state index contributed by atoms with van der Waals surface area (Å²) in [6, 6.07) is 4.17. The van der Waals surface area contributed by atoms with Gasteiger partial charge in [0.15, 0.2) is 0 Å². The Kier molecular flexibility index (Phi) is 5.66. The van der Waals surface area contributed by atoms with Crippen LogP contribution in [0.15, 0.2) is 18.2 Å². The van der Waals surface area contributed by atoms with Crippen molar-refractivity contribution in [3.05, 3.63) is 29.6 Å². The summed E-state index contributed by atoms with van der Waals surface area (Å²) < 4.78 is 14.2. The number of rotatable bonds is 2. The van der Waals surface area contributed by atoms with E-state index in [9.17, 15) is 14.0 Å². The molecule has 2 atom stereocenters. The number of nitrogens with zero attached hydrogens (tertiary/aromatic N) is 2. The highest BCUT2D eigenvalue weighted by molar-refractivity contribution is 5.98. The van der Waals surface area contributed by atoms with Crippen molar-refractivity contribution < 1.29 is 14.0 Å². The first-order chi connectivity index (χ1) is 11.0. The number of urea groups is 1. The summed E-state index contributed by atoms with van der Waals surface area (Å²) in [5.74, 6) is -0.887. The molecule has 2 aliphatic heterocycles. The van der Waals surface area contributed by atoms with Crippen LogP contribution in [0.5, 0.6) is 0 Å². The van der Waals surface area contributed by atoms with Gasteiger partial charge in [0.2, 0.25) is 0 Å². The number of piperazine rings is 1. The number of hydrogen-bond donors (Lipinski definition) is 2. The summed E-state index contributed by atoms with van der Waals surface area (Å²) in [6.45, 7) is 6.24. The number of benzene rings is 1. The summed E-state index contributed by atoms with van der Waals surface area (Å²) >= 11 is 0. The molecule has 2 saturated heterocycles. The van der Waals surface area contributed by atoms with Gasteiger partial charge in [0, 0.05) is 44.0 Å². The summed E-state index contributed by atoms with van der Waals surface area (Å²) in [6.07, 6.45) is 0. The fourth-order valence-corrected chi connectivity index (χ4v) is 3.06. The summed E-state index contributed by atoms with van der Waals surface area (Å²) in [5, 5.41) is 5.99. The van der Waals surface area contributed by atoms with Gasteiger partial charge in [-0.15, -0.1) is 12.4 Å². The van der Waals surface area contributed by atoms with E-state index in [4.69, 9.17) is 0 Å². The maximum absolute atomic E-state index is 14.2. The first-order valence-corrected chi connectivity index (χ1v) is 7.88. The lowest BCUT2D eigenvalue weighted by atomic mass is 10.0. The summed E-state index contributed by atoms with van der Waals surface area (Å²) in [4.78, 5) is 27.7. The minimum absolute atomic E-state index is 0. The molecule has 1 aromatic carbocycles. The molecule has 0 aliphatic carbocycles. The van der Waals surface area contributed by atoms with E-state index in [2.05, 4.69) is 10.6 Å². The van der Waals surface area contributed by atoms with Gasteiger partial charge in [-0.05, 0) is 32.0 Å². The Hall–Kier alpha value is -1.86. The number of hydrogen-bond acceptors (Lipinski definition) is 3. The molecule has 3 rings (SSSR count). The van der Waals surface area contributed by atoms with Crippen LogP contribution in [0.2, 0.25) is 0 Å². The molecular formula is C16H22ClFN4O2. The lowest BCUT2D eigenvalue weighted by molar-refractivity contribution is 0.0598. The molecule has 1 aromatic rings. The Bertz CT molecular complexity index is 643. The third-order valence-electron chi connectivity index (χ3n) is 4.64. The van der Waals surface area contributed by atoms with Crippen LogP contribution < -0.4 is 15.5 Å². The van der Waals surface area contributed by atoms with E-state index in [1.165, 1.54) is 23.1 Å². The second kappa shape index (κ2) is 7.36. The predicted molar refractivity (Wildman–Crippen MR) is 92.4 cm³/mol. The Morgan fingerprint density at radius 2 is 2.00 bits per heavy atom. The van der Waals surface area contributed by atoms with Crippen molar-refractivity contribution in [3.63, 3.8) is 0 Å². The molecule has 2 N–H and O–H groups in total. The first-order valence-electron chi connectivity index (χ1n) is 7.88. The maximum Gasteiger partial charge on any atom is 0.321 e. The van der Waals surface area contributed by atoms with Gasteiger partial charge < -0.3 is 15.5 Å². The lowest BCUT2D eigenvalue weighted by Gasteiger charge is -2.38. The highest BCUT2D eigenvalue weighted by atomic mass is 35.5. The van der Waals surface area contributed by atoms with Crippen LogP contribution in [0.3, 0.4) is 0 Å². The van der Waals surface area contributed by atoms with E-state index >= 15 is 0 Å². The molecule has 0 aromatic heterocycles. The third-order valence-corrected chi connectivity index (χ3v) is 4.64. The van der Waals surface area contributed by atoms with Gasteiger partial charge in [-0.2, -0.15) is 0 Å². The zero-order valence-electron chi connectivity index (χ0n) is 13.7. The Morgan fingerprint density at radius 1 is 1.25 bits per heavy atom. The van der Waals surface area contributed by atoms with E-state index in [1.807, 2.05) is 13.8 Å². The standard InChI is InChI=1S/C16H21FN4O2.ClH/c1-10-11(2)20(7-5-18-10)15(22)13-9-12(3-4-14(13)17)21-8-6-19-16(21)23;/h3-4,9-11,18H,5-8H2,1-2H3,(H,19,23);1H. The minimum atomic E-state index is -0.559. The highest BCUT2D eigenvalue weighted by Gasteiger charge is 2.31. The van der Waals surface area contributed by atoms with Crippen LogP contribution >= 0.6 is 12.4 Å². The molecule has 3 amide bonds. The molecule has 8 heteroatoms. The molecular weight excluding hydrogens is 335 g/mol. The molecule has 2 aliphatic rings. The van der Waals surface area contributed by atoms with Crippen molar-refractivity contribution in [3.8, 4) is 0 Å². The Balaban J connectivity index is 0.00000208. The van der Waals surface area contributed by atoms with Gasteiger partial charge in [0.25, 0.3) is 5.91 Å². The fourth-order valence-electron chi connectivity index (χ4n) is 3.06. The summed E-state index contributed by atoms with van der Waals surface area (Å²) in [5.41, 5.74) is 0.559. The van der Waals surface area contributed by atoms with Gasteiger partial charge in [-0.1, -0.05) is 0 Å². The van der Waals surface area contributed by atoms with Gasteiger partial charge in [-0.25, -0.2) is 9.18 Å². The monoisotopic (exact) mass is 356 g/mol. The van der Waals surface area contributed by atoms with Crippen LogP contribution in [0.1, 0.15) is 24.2 Å². The molecule has 0 spiro atoms. The Morgan fingerprint density at radius 3 is 2.67 bits per heavy atom. The summed E-state index contributed by atoms with van der Waals surface area (Å²) in [7, 11) is 0. The molecule has 132 valence electrons. The second-order valence-electron chi connectivity index (χ2n) is 6.03. The van der Waals surface area contributed by atoms with Crippen LogP contribution in [0, 0.1) is 5.82 Å². The third kappa shape index (κ3) is 3.32. The van der Waals surface area contributed by atoms with E-state index in [0.29, 0.717) is 31.9 Å². The van der Waals surface area contributed by atoms with E-state index in [-0.39, 0.29) is 42.0 Å². The average molecular weight is 357 g/mol. The number of carbonyl (C=O) groups excluding carboxylic acids is 2. The van der Waals surface area contributed by atoms with Crippen molar-refractivity contribution in [2.24, 2.45) is 0 Å². The normalized spacial score (nSPS) is 23.7. The fraction of sp³-hybridized carbons (Fsp3) is 0.500. The minimum Gasteiger partial charge on any atom is -0.336 e. The molecule has 0 saturated carbocycles. The molecule has 2 unspecified atom stereocenters. The molecule has 6 nitrogen and oxygen atoms in total. The quantitative estimate of drug-likeness (QED) is 0.846. The van der Waals surface area contributed by atoms with Gasteiger partial charge in [-0.3, -0.25) is 9.69 Å². The maximum atomic E-state index is 14.2. The SMILES string of the molecule is CC1NCCN(C(=O)c2cc(N3CCNC3=O)ccc2F)C1C.Cl. The van der Waals surface area contributed by atoms with Gasteiger partial charge in [0.05, 0.1) is 5.56 Å². The smallest absolute Gasteiger partial charge is 0.321 e. The second-order valence-corrected chi connectivity index (χ2v) is 6.03. The zero-order valence-corrected chi connectivity index (χ0v) is 14.5. The van der Waals surface area contributed by atoms with Crippen molar-refractivity contribution in [2.75, 3.05) is 31.1 Å². The van der Waals surface area contributed by atoms with E-state index < -0.39 is 5.82 Å². The van der Waals surface area contributed by atoms with Crippen molar-refractivity contribution >= 4 is 30.0 Å². The largest absolute Gasteiger partial charge is 0.336 e. The van der Waals surface area contributed by atoms with Crippen LogP contribution in [-0.4, -0.2) is 55.1 Å². The van der Waals surface area contributed by atoms with Gasteiger partial charge in [0.1, 0.15) is 5.82 Å². The number of nitrogens with one attached hydrogen (secondary N) is 2. The average Bonchev–Trinajstić information content (AvgIpc) is 2.96. The highest BCUT2D eigenvalue weighted by Crippen LogP contribution is 2.23. The molecule has 2 heterocycles. The van der Waals surface area contributed by atoms with E-state index in [0.717, 1.165) is 0 Å². The predicted octanol–water partition coefficient (Wildman–Crippen LogP) is 1.60. The van der Waals surface area contributed by atoms with Gasteiger partial charge >= 0.3 is 6.03 Å². The van der Waals surface area contributed by atoms with Crippen molar-refractivity contribution in [1.82, 2.24) is 15.5 Å². The topological polar surface area (TPSA) is 64.7 Å². The molecule has 0 bridgehead atoms. The Labute approximate surface area is 146 Å². The van der Waals surface area contributed by atoms with Crippen LogP contribution in [-0.2, 0) is 0 Å². The number of carbonyl (C=O) groups is 2. The molecule has 24 heavy (non-hydrogen) atoms. The van der Waals surface area contributed by atoms with Crippen molar-refractivity contribution in [1.29, 1.82) is 0 Å². The first kappa shape index (κ1) is 18.5. The van der Waals surface area contributed by atoms with E-state index in [1.54, 1.807) is 4.90 Å². The number of halogens is 2. The van der Waals surface area contributed by atoms with Crippen LogP contribution in [0.4, 0.5) is 14.9 Å². The zero-order chi connectivity index (χ0) is 16.6.